The Labute approximate surface area is 95.2 Å². The van der Waals surface area contributed by atoms with Gasteiger partial charge in [0.1, 0.15) is 0 Å². The van der Waals surface area contributed by atoms with Crippen LogP contribution in [0.4, 0.5) is 11.9 Å². The molecule has 1 rings (SSSR count). The van der Waals surface area contributed by atoms with Crippen molar-refractivity contribution in [3.05, 3.63) is 0 Å². The highest BCUT2D eigenvalue weighted by Gasteiger charge is 2.06. The van der Waals surface area contributed by atoms with Crippen LogP contribution in [0.5, 0.6) is 6.01 Å². The van der Waals surface area contributed by atoms with Gasteiger partial charge < -0.3 is 10.1 Å². The average molecular weight is 226 g/mol. The summed E-state index contributed by atoms with van der Waals surface area (Å²) >= 11 is 0. The fourth-order valence-electron chi connectivity index (χ4n) is 1.04. The quantitative estimate of drug-likeness (QED) is 0.687. The maximum absolute atomic E-state index is 5.25. The van der Waals surface area contributed by atoms with Crippen LogP contribution in [0.15, 0.2) is 0 Å². The van der Waals surface area contributed by atoms with Gasteiger partial charge in [-0.2, -0.15) is 15.0 Å². The number of hydrazine groups is 1. The Hall–Kier alpha value is -1.63. The highest BCUT2D eigenvalue weighted by atomic mass is 16.5. The molecule has 0 aromatic carbocycles. The van der Waals surface area contributed by atoms with Crippen LogP contribution in [0.1, 0.15) is 13.8 Å². The van der Waals surface area contributed by atoms with Gasteiger partial charge in [-0.05, 0) is 13.8 Å². The second-order valence-electron chi connectivity index (χ2n) is 3.23. The first-order valence-corrected chi connectivity index (χ1v) is 5.22. The molecule has 0 amide bonds. The summed E-state index contributed by atoms with van der Waals surface area (Å²) in [7, 11) is 3.72. The van der Waals surface area contributed by atoms with Crippen molar-refractivity contribution in [3.8, 4) is 6.01 Å². The Bertz CT molecular complexity index is 306. The zero-order valence-electron chi connectivity index (χ0n) is 10.1. The second-order valence-corrected chi connectivity index (χ2v) is 3.23. The lowest BCUT2D eigenvalue weighted by Gasteiger charge is -2.13. The lowest BCUT2D eigenvalue weighted by molar-refractivity contribution is 0.311. The molecule has 0 saturated heterocycles. The molecular weight excluding hydrogens is 208 g/mol. The number of rotatable bonds is 6. The van der Waals surface area contributed by atoms with Gasteiger partial charge in [0.2, 0.25) is 11.9 Å². The minimum absolute atomic E-state index is 0.317. The van der Waals surface area contributed by atoms with Gasteiger partial charge in [0.25, 0.3) is 0 Å². The highest BCUT2D eigenvalue weighted by molar-refractivity contribution is 5.34. The number of hydrogen-bond donors (Lipinski definition) is 2. The first-order valence-electron chi connectivity index (χ1n) is 5.22. The molecule has 0 atom stereocenters. The molecule has 0 unspecified atom stereocenters. The summed E-state index contributed by atoms with van der Waals surface area (Å²) in [6, 6.07) is 0.317. The van der Waals surface area contributed by atoms with E-state index in [1.807, 2.05) is 27.9 Å². The van der Waals surface area contributed by atoms with Crippen molar-refractivity contribution in [2.24, 2.45) is 0 Å². The summed E-state index contributed by atoms with van der Waals surface area (Å²) in [6.45, 7) is 5.13. The van der Waals surface area contributed by atoms with Crippen molar-refractivity contribution in [1.29, 1.82) is 0 Å². The Balaban J connectivity index is 2.88. The molecule has 0 aliphatic rings. The number of aromatic nitrogens is 3. The molecule has 0 spiro atoms. The molecular formula is C9H18N6O. The molecule has 0 bridgehead atoms. The first-order chi connectivity index (χ1) is 7.65. The predicted octanol–water partition coefficient (Wildman–Crippen LogP) is 0.591. The number of nitrogens with zero attached hydrogens (tertiary/aromatic N) is 4. The Morgan fingerprint density at radius 1 is 1.12 bits per heavy atom. The molecule has 0 saturated carbocycles. The van der Waals surface area contributed by atoms with E-state index in [0.717, 1.165) is 6.54 Å². The predicted molar refractivity (Wildman–Crippen MR) is 62.5 cm³/mol. The van der Waals surface area contributed by atoms with Crippen LogP contribution < -0.4 is 15.5 Å². The largest absolute Gasteiger partial charge is 0.464 e. The van der Waals surface area contributed by atoms with Crippen LogP contribution in [0.25, 0.3) is 0 Å². The van der Waals surface area contributed by atoms with Gasteiger partial charge in [0.05, 0.1) is 6.61 Å². The number of nitrogens with one attached hydrogen (secondary N) is 2. The van der Waals surface area contributed by atoms with Crippen LogP contribution in [-0.2, 0) is 0 Å². The number of ether oxygens (including phenoxy) is 1. The lowest BCUT2D eigenvalue weighted by atomic mass is 10.7. The van der Waals surface area contributed by atoms with E-state index in [1.54, 1.807) is 5.01 Å². The molecule has 2 N–H and O–H groups in total. The summed E-state index contributed by atoms with van der Waals surface area (Å²) in [5.74, 6) is 0.963. The smallest absolute Gasteiger partial charge is 0.323 e. The first kappa shape index (κ1) is 12.4. The molecule has 0 aliphatic heterocycles. The second kappa shape index (κ2) is 6.06. The Morgan fingerprint density at radius 3 is 2.38 bits per heavy atom. The van der Waals surface area contributed by atoms with Crippen LogP contribution in [-0.4, -0.2) is 47.2 Å². The van der Waals surface area contributed by atoms with E-state index in [0.29, 0.717) is 24.5 Å². The number of anilines is 2. The maximum atomic E-state index is 5.25. The van der Waals surface area contributed by atoms with Crippen molar-refractivity contribution < 1.29 is 4.74 Å². The van der Waals surface area contributed by atoms with Gasteiger partial charge in [0, 0.05) is 20.6 Å². The third kappa shape index (κ3) is 3.85. The van der Waals surface area contributed by atoms with Crippen molar-refractivity contribution in [2.75, 3.05) is 38.0 Å². The normalized spacial score (nSPS) is 10.3. The topological polar surface area (TPSA) is 75.2 Å². The highest BCUT2D eigenvalue weighted by Crippen LogP contribution is 2.10. The van der Waals surface area contributed by atoms with Crippen molar-refractivity contribution >= 4 is 11.9 Å². The molecule has 1 aromatic rings. The van der Waals surface area contributed by atoms with E-state index in [-0.39, 0.29) is 0 Å². The van der Waals surface area contributed by atoms with E-state index in [9.17, 15) is 0 Å². The van der Waals surface area contributed by atoms with E-state index in [4.69, 9.17) is 4.74 Å². The van der Waals surface area contributed by atoms with Gasteiger partial charge in [-0.3, -0.25) is 5.43 Å². The standard InChI is InChI=1S/C9H18N6O/c1-5-10-7-11-8(14-15(3)4)13-9(12-7)16-6-2/h5-6H2,1-4H3,(H2,10,11,12,13,14). The van der Waals surface area contributed by atoms with Crippen molar-refractivity contribution in [1.82, 2.24) is 20.0 Å². The molecule has 1 heterocycles. The van der Waals surface area contributed by atoms with Gasteiger partial charge in [0.15, 0.2) is 0 Å². The Morgan fingerprint density at radius 2 is 1.81 bits per heavy atom. The van der Waals surface area contributed by atoms with Crippen molar-refractivity contribution in [3.63, 3.8) is 0 Å². The molecule has 1 aromatic heterocycles. The summed E-state index contributed by atoms with van der Waals surface area (Å²) in [5.41, 5.74) is 2.95. The maximum Gasteiger partial charge on any atom is 0.323 e. The van der Waals surface area contributed by atoms with E-state index in [1.165, 1.54) is 0 Å². The molecule has 90 valence electrons. The third-order valence-corrected chi connectivity index (χ3v) is 1.55. The lowest BCUT2D eigenvalue weighted by Crippen LogP contribution is -2.22. The minimum Gasteiger partial charge on any atom is -0.464 e. The fraction of sp³-hybridized carbons (Fsp3) is 0.667. The molecule has 0 aliphatic carbocycles. The average Bonchev–Trinajstić information content (AvgIpc) is 2.17. The monoisotopic (exact) mass is 226 g/mol. The van der Waals surface area contributed by atoms with Crippen LogP contribution in [0.2, 0.25) is 0 Å². The summed E-state index contributed by atoms with van der Waals surface area (Å²) in [4.78, 5) is 12.4. The SMILES string of the molecule is CCNc1nc(NN(C)C)nc(OCC)n1. The third-order valence-electron chi connectivity index (χ3n) is 1.55. The molecule has 0 radical (unpaired) electrons. The van der Waals surface area contributed by atoms with Crippen LogP contribution >= 0.6 is 0 Å². The van der Waals surface area contributed by atoms with Gasteiger partial charge in [-0.15, -0.1) is 0 Å². The molecule has 7 heteroatoms. The zero-order valence-corrected chi connectivity index (χ0v) is 10.1. The minimum atomic E-state index is 0.317. The number of hydrogen-bond acceptors (Lipinski definition) is 7. The van der Waals surface area contributed by atoms with Crippen LogP contribution in [0.3, 0.4) is 0 Å². The van der Waals surface area contributed by atoms with Gasteiger partial charge in [-0.25, -0.2) is 5.01 Å². The van der Waals surface area contributed by atoms with Crippen LogP contribution in [0, 0.1) is 0 Å². The van der Waals surface area contributed by atoms with Crippen molar-refractivity contribution in [2.45, 2.75) is 13.8 Å². The summed E-state index contributed by atoms with van der Waals surface area (Å²) < 4.78 is 5.25. The molecule has 16 heavy (non-hydrogen) atoms. The Kier molecular flexibility index (Phi) is 4.71. The summed E-state index contributed by atoms with van der Waals surface area (Å²) in [5, 5.41) is 4.77. The summed E-state index contributed by atoms with van der Waals surface area (Å²) in [6.07, 6.45) is 0. The zero-order chi connectivity index (χ0) is 12.0. The van der Waals surface area contributed by atoms with E-state index in [2.05, 4.69) is 25.7 Å². The van der Waals surface area contributed by atoms with Gasteiger partial charge in [-0.1, -0.05) is 0 Å². The molecule has 7 nitrogen and oxygen atoms in total. The van der Waals surface area contributed by atoms with Gasteiger partial charge >= 0.3 is 6.01 Å². The van der Waals surface area contributed by atoms with E-state index >= 15 is 0 Å². The molecule has 0 fully saturated rings. The fourth-order valence-corrected chi connectivity index (χ4v) is 1.04. The van der Waals surface area contributed by atoms with E-state index < -0.39 is 0 Å².